The molecular formula is C14H12FNO4S. The molecule has 0 saturated heterocycles. The molecule has 0 unspecified atom stereocenters. The van der Waals surface area contributed by atoms with Crippen molar-refractivity contribution < 1.29 is 23.8 Å². The third-order valence-corrected chi connectivity index (χ3v) is 3.45. The van der Waals surface area contributed by atoms with Crippen LogP contribution in [-0.2, 0) is 11.3 Å². The largest absolute Gasteiger partial charge is 0.483 e. The fraction of sp³-hybridized carbons (Fsp3) is 0.143. The van der Waals surface area contributed by atoms with Gasteiger partial charge in [-0.2, -0.15) is 0 Å². The van der Waals surface area contributed by atoms with Crippen molar-refractivity contribution in [3.63, 3.8) is 0 Å². The van der Waals surface area contributed by atoms with Gasteiger partial charge in [0.2, 0.25) is 0 Å². The summed E-state index contributed by atoms with van der Waals surface area (Å²) >= 11 is 1.50. The van der Waals surface area contributed by atoms with Crippen LogP contribution in [0.2, 0.25) is 0 Å². The molecule has 0 radical (unpaired) electrons. The zero-order valence-electron chi connectivity index (χ0n) is 10.8. The van der Waals surface area contributed by atoms with Crippen LogP contribution in [0.5, 0.6) is 5.75 Å². The summed E-state index contributed by atoms with van der Waals surface area (Å²) in [5, 5.41) is 13.5. The molecule has 2 aromatic rings. The zero-order chi connectivity index (χ0) is 15.2. The quantitative estimate of drug-likeness (QED) is 0.858. The second-order valence-corrected chi connectivity index (χ2v) is 5.12. The average molecular weight is 309 g/mol. The summed E-state index contributed by atoms with van der Waals surface area (Å²) in [7, 11) is 0. The van der Waals surface area contributed by atoms with Crippen molar-refractivity contribution in [2.75, 3.05) is 6.61 Å². The number of rotatable bonds is 6. The first-order chi connectivity index (χ1) is 10.1. The summed E-state index contributed by atoms with van der Waals surface area (Å²) in [6.07, 6.45) is 0. The Hall–Kier alpha value is -2.41. The molecule has 1 aromatic carbocycles. The molecule has 7 heteroatoms. The average Bonchev–Trinajstić information content (AvgIpc) is 2.96. The third kappa shape index (κ3) is 4.28. The van der Waals surface area contributed by atoms with E-state index in [2.05, 4.69) is 5.32 Å². The van der Waals surface area contributed by atoms with E-state index in [1.165, 1.54) is 11.3 Å². The standard InChI is InChI=1S/C14H12FNO4S/c15-9-3-4-11(14(18)19)12(6-9)20-8-13(17)16-7-10-2-1-5-21-10/h1-6H,7-8H2,(H,16,17)(H,18,19). The molecule has 0 aliphatic carbocycles. The predicted octanol–water partition coefficient (Wildman–Crippen LogP) is 2.28. The third-order valence-electron chi connectivity index (χ3n) is 2.57. The van der Waals surface area contributed by atoms with E-state index in [1.807, 2.05) is 17.5 Å². The van der Waals surface area contributed by atoms with Crippen molar-refractivity contribution in [3.05, 3.63) is 52.0 Å². The van der Waals surface area contributed by atoms with Gasteiger partial charge in [0.1, 0.15) is 17.1 Å². The molecule has 0 atom stereocenters. The number of amides is 1. The van der Waals surface area contributed by atoms with E-state index in [9.17, 15) is 14.0 Å². The van der Waals surface area contributed by atoms with Crippen LogP contribution >= 0.6 is 11.3 Å². The monoisotopic (exact) mass is 309 g/mol. The first kappa shape index (κ1) is 15.0. The van der Waals surface area contributed by atoms with Crippen LogP contribution in [0.1, 0.15) is 15.2 Å². The van der Waals surface area contributed by atoms with E-state index in [-0.39, 0.29) is 17.9 Å². The van der Waals surface area contributed by atoms with Gasteiger partial charge in [-0.05, 0) is 23.6 Å². The highest BCUT2D eigenvalue weighted by Gasteiger charge is 2.13. The molecule has 0 fully saturated rings. The molecule has 0 saturated carbocycles. The van der Waals surface area contributed by atoms with Gasteiger partial charge in [-0.25, -0.2) is 9.18 Å². The fourth-order valence-electron chi connectivity index (χ4n) is 1.59. The molecule has 110 valence electrons. The highest BCUT2D eigenvalue weighted by molar-refractivity contribution is 7.09. The molecule has 1 amide bonds. The molecule has 0 spiro atoms. The number of ether oxygens (including phenoxy) is 1. The van der Waals surface area contributed by atoms with Crippen molar-refractivity contribution in [1.29, 1.82) is 0 Å². The second kappa shape index (κ2) is 6.85. The number of halogens is 1. The van der Waals surface area contributed by atoms with Gasteiger partial charge in [-0.3, -0.25) is 4.79 Å². The van der Waals surface area contributed by atoms with Crippen LogP contribution in [0.25, 0.3) is 0 Å². The summed E-state index contributed by atoms with van der Waals surface area (Å²) in [6.45, 7) is -0.0100. The minimum absolute atomic E-state index is 0.172. The van der Waals surface area contributed by atoms with Crippen molar-refractivity contribution in [2.24, 2.45) is 0 Å². The lowest BCUT2D eigenvalue weighted by atomic mass is 10.2. The van der Waals surface area contributed by atoms with E-state index in [4.69, 9.17) is 9.84 Å². The number of benzene rings is 1. The van der Waals surface area contributed by atoms with Gasteiger partial charge in [0.15, 0.2) is 6.61 Å². The van der Waals surface area contributed by atoms with Crippen molar-refractivity contribution in [3.8, 4) is 5.75 Å². The van der Waals surface area contributed by atoms with Gasteiger partial charge in [-0.15, -0.1) is 11.3 Å². The highest BCUT2D eigenvalue weighted by Crippen LogP contribution is 2.19. The molecule has 0 aliphatic heterocycles. The summed E-state index contributed by atoms with van der Waals surface area (Å²) in [4.78, 5) is 23.5. The predicted molar refractivity (Wildman–Crippen MR) is 75.0 cm³/mol. The second-order valence-electron chi connectivity index (χ2n) is 4.09. The molecule has 1 aromatic heterocycles. The number of thiophene rings is 1. The Morgan fingerprint density at radius 3 is 2.81 bits per heavy atom. The van der Waals surface area contributed by atoms with Crippen LogP contribution < -0.4 is 10.1 Å². The highest BCUT2D eigenvalue weighted by atomic mass is 32.1. The van der Waals surface area contributed by atoms with Crippen molar-refractivity contribution in [2.45, 2.75) is 6.54 Å². The van der Waals surface area contributed by atoms with Crippen LogP contribution in [0.15, 0.2) is 35.7 Å². The molecule has 21 heavy (non-hydrogen) atoms. The van der Waals surface area contributed by atoms with E-state index in [0.717, 1.165) is 23.1 Å². The van der Waals surface area contributed by atoms with Crippen LogP contribution in [0, 0.1) is 5.82 Å². The Kier molecular flexibility index (Phi) is 4.89. The summed E-state index contributed by atoms with van der Waals surface area (Å²) in [5.74, 6) is -2.46. The van der Waals surface area contributed by atoms with Crippen molar-refractivity contribution >= 4 is 23.2 Å². The molecule has 0 aliphatic rings. The lowest BCUT2D eigenvalue weighted by Gasteiger charge is -2.09. The first-order valence-electron chi connectivity index (χ1n) is 6.01. The number of carboxylic acids is 1. The maximum atomic E-state index is 13.1. The number of carbonyl (C=O) groups is 2. The molecule has 1 heterocycles. The van der Waals surface area contributed by atoms with Gasteiger partial charge in [-0.1, -0.05) is 6.07 Å². The summed E-state index contributed by atoms with van der Waals surface area (Å²) in [5.41, 5.74) is -0.192. The van der Waals surface area contributed by atoms with E-state index in [1.54, 1.807) is 0 Å². The van der Waals surface area contributed by atoms with Gasteiger partial charge in [0, 0.05) is 10.9 Å². The maximum Gasteiger partial charge on any atom is 0.339 e. The Labute approximate surface area is 124 Å². The SMILES string of the molecule is O=C(COc1cc(F)ccc1C(=O)O)NCc1cccs1. The van der Waals surface area contributed by atoms with Gasteiger partial charge < -0.3 is 15.2 Å². The van der Waals surface area contributed by atoms with Gasteiger partial charge in [0.05, 0.1) is 6.54 Å². The Morgan fingerprint density at radius 1 is 1.33 bits per heavy atom. The minimum Gasteiger partial charge on any atom is -0.483 e. The normalized spacial score (nSPS) is 10.1. The summed E-state index contributed by atoms with van der Waals surface area (Å²) < 4.78 is 18.2. The maximum absolute atomic E-state index is 13.1. The lowest BCUT2D eigenvalue weighted by molar-refractivity contribution is -0.123. The molecule has 0 bridgehead atoms. The molecule has 2 N–H and O–H groups in total. The topological polar surface area (TPSA) is 75.6 Å². The zero-order valence-corrected chi connectivity index (χ0v) is 11.7. The summed E-state index contributed by atoms with van der Waals surface area (Å²) in [6, 6.07) is 6.80. The number of hydrogen-bond donors (Lipinski definition) is 2. The van der Waals surface area contributed by atoms with Crippen LogP contribution in [0.3, 0.4) is 0 Å². The van der Waals surface area contributed by atoms with Gasteiger partial charge in [0.25, 0.3) is 5.91 Å². The van der Waals surface area contributed by atoms with Crippen LogP contribution in [0.4, 0.5) is 4.39 Å². The number of aromatic carboxylic acids is 1. The van der Waals surface area contributed by atoms with Gasteiger partial charge >= 0.3 is 5.97 Å². The number of nitrogens with one attached hydrogen (secondary N) is 1. The number of hydrogen-bond acceptors (Lipinski definition) is 4. The Bertz CT molecular complexity index is 642. The number of carbonyl (C=O) groups excluding carboxylic acids is 1. The van der Waals surface area contributed by atoms with E-state index in [0.29, 0.717) is 6.54 Å². The Balaban J connectivity index is 1.91. The van der Waals surface area contributed by atoms with E-state index >= 15 is 0 Å². The van der Waals surface area contributed by atoms with Crippen molar-refractivity contribution in [1.82, 2.24) is 5.32 Å². The first-order valence-corrected chi connectivity index (χ1v) is 6.89. The molecule has 2 rings (SSSR count). The van der Waals surface area contributed by atoms with E-state index < -0.39 is 17.7 Å². The minimum atomic E-state index is -1.25. The lowest BCUT2D eigenvalue weighted by Crippen LogP contribution is -2.28. The fourth-order valence-corrected chi connectivity index (χ4v) is 2.23. The molecular weight excluding hydrogens is 297 g/mol. The van der Waals surface area contributed by atoms with Crippen LogP contribution in [-0.4, -0.2) is 23.6 Å². The molecule has 5 nitrogen and oxygen atoms in total. The Morgan fingerprint density at radius 2 is 2.14 bits per heavy atom. The smallest absolute Gasteiger partial charge is 0.339 e. The number of carboxylic acid groups (broad SMARTS) is 1.